The number of carbonyl (C=O) groups is 1. The van der Waals surface area contributed by atoms with E-state index in [0.717, 1.165) is 19.3 Å². The van der Waals surface area contributed by atoms with Gasteiger partial charge in [0.15, 0.2) is 0 Å². The lowest BCUT2D eigenvalue weighted by Gasteiger charge is -2.22. The third-order valence-electron chi connectivity index (χ3n) is 2.92. The summed E-state index contributed by atoms with van der Waals surface area (Å²) in [6.45, 7) is 2.44. The van der Waals surface area contributed by atoms with Gasteiger partial charge >= 0.3 is 0 Å². The summed E-state index contributed by atoms with van der Waals surface area (Å²) in [5.41, 5.74) is 0. The van der Waals surface area contributed by atoms with Crippen molar-refractivity contribution in [3.8, 4) is 0 Å². The first kappa shape index (κ1) is 12.5. The molecule has 15 heavy (non-hydrogen) atoms. The fraction of sp³-hybridized carbons (Fsp3) is 0.909. The topological polar surface area (TPSA) is 60.8 Å². The van der Waals surface area contributed by atoms with Gasteiger partial charge in [0.2, 0.25) is 5.91 Å². The van der Waals surface area contributed by atoms with E-state index < -0.39 is 6.10 Å². The highest BCUT2D eigenvalue weighted by Crippen LogP contribution is 2.19. The summed E-state index contributed by atoms with van der Waals surface area (Å²) in [5, 5.41) is 18.5. The van der Waals surface area contributed by atoms with Crippen LogP contribution < -0.4 is 0 Å². The second-order valence-corrected chi connectivity index (χ2v) is 4.23. The first-order valence-electron chi connectivity index (χ1n) is 5.77. The van der Waals surface area contributed by atoms with Crippen LogP contribution in [0.2, 0.25) is 0 Å². The third-order valence-corrected chi connectivity index (χ3v) is 2.92. The number of hydrogen-bond donors (Lipinski definition) is 2. The fourth-order valence-corrected chi connectivity index (χ4v) is 2.04. The predicted octanol–water partition coefficient (Wildman–Crippen LogP) is 0.521. The van der Waals surface area contributed by atoms with Crippen molar-refractivity contribution >= 4 is 5.91 Å². The molecule has 0 radical (unpaired) electrons. The summed E-state index contributed by atoms with van der Waals surface area (Å²) >= 11 is 0. The summed E-state index contributed by atoms with van der Waals surface area (Å²) in [4.78, 5) is 13.4. The van der Waals surface area contributed by atoms with Crippen molar-refractivity contribution in [1.82, 2.24) is 4.90 Å². The largest absolute Gasteiger partial charge is 0.394 e. The molecule has 0 aromatic carbocycles. The van der Waals surface area contributed by atoms with Crippen LogP contribution in [0.4, 0.5) is 0 Å². The molecule has 1 aliphatic heterocycles. The van der Waals surface area contributed by atoms with Gasteiger partial charge in [-0.25, -0.2) is 0 Å². The molecule has 88 valence electrons. The average molecular weight is 215 g/mol. The molecule has 0 spiro atoms. The Morgan fingerprint density at radius 3 is 2.80 bits per heavy atom. The molecule has 1 unspecified atom stereocenters. The quantitative estimate of drug-likeness (QED) is 0.657. The molecule has 0 aromatic heterocycles. The minimum atomic E-state index is -0.461. The lowest BCUT2D eigenvalue weighted by atomic mass is 10.1. The molecular formula is C11H21NO3. The maximum atomic E-state index is 11.7. The van der Waals surface area contributed by atoms with Crippen LogP contribution >= 0.6 is 0 Å². The van der Waals surface area contributed by atoms with E-state index in [1.165, 1.54) is 0 Å². The minimum Gasteiger partial charge on any atom is -0.394 e. The average Bonchev–Trinajstić information content (AvgIpc) is 2.60. The van der Waals surface area contributed by atoms with Crippen LogP contribution in [0.15, 0.2) is 0 Å². The summed E-state index contributed by atoms with van der Waals surface area (Å²) in [7, 11) is 0. The van der Waals surface area contributed by atoms with Gasteiger partial charge in [-0.3, -0.25) is 4.79 Å². The van der Waals surface area contributed by atoms with Crippen molar-refractivity contribution in [2.45, 2.75) is 51.2 Å². The van der Waals surface area contributed by atoms with Crippen LogP contribution in [-0.4, -0.2) is 46.3 Å². The van der Waals surface area contributed by atoms with Gasteiger partial charge < -0.3 is 15.1 Å². The molecule has 4 heteroatoms. The normalized spacial score (nSPS) is 25.9. The van der Waals surface area contributed by atoms with Crippen LogP contribution in [0.1, 0.15) is 39.0 Å². The first-order chi connectivity index (χ1) is 7.19. The Bertz CT molecular complexity index is 208. The molecule has 0 bridgehead atoms. The number of aliphatic hydroxyl groups is 2. The Balaban J connectivity index is 2.37. The molecule has 1 heterocycles. The minimum absolute atomic E-state index is 0.0451. The van der Waals surface area contributed by atoms with Gasteiger partial charge in [-0.15, -0.1) is 0 Å². The zero-order valence-corrected chi connectivity index (χ0v) is 9.35. The van der Waals surface area contributed by atoms with Crippen LogP contribution in [0.3, 0.4) is 0 Å². The van der Waals surface area contributed by atoms with E-state index >= 15 is 0 Å². The molecule has 1 fully saturated rings. The smallest absolute Gasteiger partial charge is 0.222 e. The van der Waals surface area contributed by atoms with Crippen molar-refractivity contribution in [3.63, 3.8) is 0 Å². The van der Waals surface area contributed by atoms with Crippen molar-refractivity contribution in [3.05, 3.63) is 0 Å². The lowest BCUT2D eigenvalue weighted by molar-refractivity contribution is -0.133. The van der Waals surface area contributed by atoms with Crippen molar-refractivity contribution in [1.29, 1.82) is 0 Å². The van der Waals surface area contributed by atoms with E-state index in [1.54, 1.807) is 4.90 Å². The zero-order valence-electron chi connectivity index (χ0n) is 9.35. The number of likely N-dealkylation sites (tertiary alicyclic amines) is 1. The van der Waals surface area contributed by atoms with E-state index in [1.807, 2.05) is 0 Å². The van der Waals surface area contributed by atoms with Gasteiger partial charge in [0.1, 0.15) is 0 Å². The van der Waals surface area contributed by atoms with E-state index in [2.05, 4.69) is 6.92 Å². The molecule has 1 aliphatic rings. The molecular weight excluding hydrogens is 194 g/mol. The Morgan fingerprint density at radius 2 is 2.20 bits per heavy atom. The molecule has 4 nitrogen and oxygen atoms in total. The second kappa shape index (κ2) is 6.08. The number of rotatable bonds is 5. The number of unbranched alkanes of at least 4 members (excludes halogenated alkanes) is 2. The number of hydrogen-bond acceptors (Lipinski definition) is 3. The van der Waals surface area contributed by atoms with Crippen LogP contribution in [-0.2, 0) is 4.79 Å². The van der Waals surface area contributed by atoms with Gasteiger partial charge in [-0.05, 0) is 12.8 Å². The SMILES string of the molecule is CCCCCC(=O)N1CC(O)C[C@H]1CO. The highest BCUT2D eigenvalue weighted by atomic mass is 16.3. The van der Waals surface area contributed by atoms with Gasteiger partial charge in [0.25, 0.3) is 0 Å². The highest BCUT2D eigenvalue weighted by molar-refractivity contribution is 5.76. The summed E-state index contributed by atoms with van der Waals surface area (Å²) in [5.74, 6) is 0.0686. The number of carbonyl (C=O) groups excluding carboxylic acids is 1. The maximum Gasteiger partial charge on any atom is 0.222 e. The van der Waals surface area contributed by atoms with Crippen LogP contribution in [0.25, 0.3) is 0 Å². The van der Waals surface area contributed by atoms with E-state index in [-0.39, 0.29) is 18.6 Å². The molecule has 1 rings (SSSR count). The Labute approximate surface area is 90.9 Å². The van der Waals surface area contributed by atoms with E-state index in [9.17, 15) is 9.90 Å². The lowest BCUT2D eigenvalue weighted by Crippen LogP contribution is -2.37. The summed E-state index contributed by atoms with van der Waals surface area (Å²) in [6, 6.07) is -0.172. The maximum absolute atomic E-state index is 11.7. The van der Waals surface area contributed by atoms with Gasteiger partial charge in [0.05, 0.1) is 18.8 Å². The van der Waals surface area contributed by atoms with Gasteiger partial charge in [-0.1, -0.05) is 19.8 Å². The van der Waals surface area contributed by atoms with Crippen LogP contribution in [0, 0.1) is 0 Å². The fourth-order valence-electron chi connectivity index (χ4n) is 2.04. The Hall–Kier alpha value is -0.610. The van der Waals surface area contributed by atoms with E-state index in [4.69, 9.17) is 5.11 Å². The summed E-state index contributed by atoms with van der Waals surface area (Å²) < 4.78 is 0. The first-order valence-corrected chi connectivity index (χ1v) is 5.77. The number of nitrogens with zero attached hydrogens (tertiary/aromatic N) is 1. The molecule has 2 atom stereocenters. The van der Waals surface area contributed by atoms with Crippen molar-refractivity contribution in [2.75, 3.05) is 13.2 Å². The molecule has 1 saturated heterocycles. The number of β-amino-alcohol motifs (C(OH)–C–C–N with tert-alkyl or cyclic N) is 1. The molecule has 2 N–H and O–H groups in total. The molecule has 1 amide bonds. The van der Waals surface area contributed by atoms with Crippen molar-refractivity contribution in [2.24, 2.45) is 0 Å². The Kier molecular flexibility index (Phi) is 5.05. The standard InChI is InChI=1S/C11H21NO3/c1-2-3-4-5-11(15)12-7-10(14)6-9(12)8-13/h9-10,13-14H,2-8H2,1H3/t9-,10?/m0/s1. The molecule has 0 saturated carbocycles. The number of aliphatic hydroxyl groups excluding tert-OH is 2. The Morgan fingerprint density at radius 1 is 1.47 bits per heavy atom. The monoisotopic (exact) mass is 215 g/mol. The summed E-state index contributed by atoms with van der Waals surface area (Å²) in [6.07, 6.45) is 3.65. The predicted molar refractivity (Wildman–Crippen MR) is 57.4 cm³/mol. The second-order valence-electron chi connectivity index (χ2n) is 4.23. The highest BCUT2D eigenvalue weighted by Gasteiger charge is 2.33. The van der Waals surface area contributed by atoms with Crippen molar-refractivity contribution < 1.29 is 15.0 Å². The van der Waals surface area contributed by atoms with Gasteiger partial charge in [0, 0.05) is 13.0 Å². The zero-order chi connectivity index (χ0) is 11.3. The van der Waals surface area contributed by atoms with E-state index in [0.29, 0.717) is 19.4 Å². The van der Waals surface area contributed by atoms with Crippen LogP contribution in [0.5, 0.6) is 0 Å². The molecule has 0 aromatic rings. The van der Waals surface area contributed by atoms with Gasteiger partial charge in [-0.2, -0.15) is 0 Å². The number of amides is 1. The third kappa shape index (κ3) is 3.47. The molecule has 0 aliphatic carbocycles.